The fraction of sp³-hybridized carbons (Fsp3) is 0.533. The van der Waals surface area contributed by atoms with Crippen LogP contribution in [-0.4, -0.2) is 44.4 Å². The monoisotopic (exact) mass is 278 g/mol. The van der Waals surface area contributed by atoms with Gasteiger partial charge in [0.05, 0.1) is 19.3 Å². The van der Waals surface area contributed by atoms with Crippen LogP contribution in [0.4, 0.5) is 0 Å². The number of rotatable bonds is 5. The first-order valence-electron chi connectivity index (χ1n) is 6.99. The van der Waals surface area contributed by atoms with Crippen LogP contribution in [0, 0.1) is 6.92 Å². The van der Waals surface area contributed by atoms with E-state index in [1.54, 1.807) is 0 Å². The number of ether oxygens (including phenoxy) is 2. The Hall–Kier alpha value is -1.59. The summed E-state index contributed by atoms with van der Waals surface area (Å²) in [4.78, 5) is 12.0. The summed E-state index contributed by atoms with van der Waals surface area (Å²) in [6.45, 7) is 6.24. The summed E-state index contributed by atoms with van der Waals surface area (Å²) >= 11 is 0. The zero-order valence-electron chi connectivity index (χ0n) is 12.0. The van der Waals surface area contributed by atoms with Gasteiger partial charge in [0, 0.05) is 6.54 Å². The highest BCUT2D eigenvalue weighted by Gasteiger charge is 2.27. The van der Waals surface area contributed by atoms with Crippen LogP contribution in [0.25, 0.3) is 0 Å². The van der Waals surface area contributed by atoms with Gasteiger partial charge in [-0.25, -0.2) is 0 Å². The topological polar surface area (TPSA) is 59.6 Å². The Labute approximate surface area is 119 Å². The maximum Gasteiger partial charge on any atom is 0.239 e. The Morgan fingerprint density at radius 2 is 2.20 bits per heavy atom. The first kappa shape index (κ1) is 14.8. The van der Waals surface area contributed by atoms with Crippen molar-refractivity contribution in [3.63, 3.8) is 0 Å². The third-order valence-corrected chi connectivity index (χ3v) is 3.29. The first-order valence-corrected chi connectivity index (χ1v) is 6.99. The summed E-state index contributed by atoms with van der Waals surface area (Å²) < 4.78 is 11.0. The van der Waals surface area contributed by atoms with Crippen LogP contribution in [0.15, 0.2) is 24.3 Å². The van der Waals surface area contributed by atoms with E-state index in [0.717, 1.165) is 5.75 Å². The van der Waals surface area contributed by atoms with Gasteiger partial charge in [-0.15, -0.1) is 0 Å². The third kappa shape index (κ3) is 4.21. The molecule has 0 unspecified atom stereocenters. The minimum absolute atomic E-state index is 0.0373. The molecule has 20 heavy (non-hydrogen) atoms. The minimum atomic E-state index is -0.275. The molecule has 110 valence electrons. The molecule has 1 aliphatic heterocycles. The molecule has 1 aliphatic rings. The smallest absolute Gasteiger partial charge is 0.239 e. The number of hydrogen-bond donors (Lipinski definition) is 2. The predicted molar refractivity (Wildman–Crippen MR) is 76.9 cm³/mol. The van der Waals surface area contributed by atoms with Crippen molar-refractivity contribution >= 4 is 5.91 Å². The van der Waals surface area contributed by atoms with E-state index in [0.29, 0.717) is 26.3 Å². The maximum atomic E-state index is 12.0. The average Bonchev–Trinajstić information content (AvgIpc) is 2.46. The average molecular weight is 278 g/mol. The zero-order valence-corrected chi connectivity index (χ0v) is 12.0. The molecule has 5 heteroatoms. The molecule has 0 saturated carbocycles. The number of hydrogen-bond acceptors (Lipinski definition) is 4. The van der Waals surface area contributed by atoms with E-state index < -0.39 is 0 Å². The van der Waals surface area contributed by atoms with Gasteiger partial charge in [0.25, 0.3) is 0 Å². The van der Waals surface area contributed by atoms with Crippen LogP contribution in [0.3, 0.4) is 0 Å². The second-order valence-corrected chi connectivity index (χ2v) is 4.96. The standard InChI is InChI=1S/C15H22N2O3/c1-11-3-5-13(6-4-11)20-10-8-17-15(18)14-12(2)19-9-7-16-14/h3-6,12,14,16H,7-10H2,1-2H3,(H,17,18)/t12-,14+/m1/s1. The van der Waals surface area contributed by atoms with Crippen LogP contribution < -0.4 is 15.4 Å². The van der Waals surface area contributed by atoms with Crippen LogP contribution >= 0.6 is 0 Å². The number of benzene rings is 1. The van der Waals surface area contributed by atoms with Crippen LogP contribution in [0.2, 0.25) is 0 Å². The summed E-state index contributed by atoms with van der Waals surface area (Å²) in [5, 5.41) is 6.01. The van der Waals surface area contributed by atoms with Crippen LogP contribution in [0.5, 0.6) is 5.75 Å². The molecule has 2 N–H and O–H groups in total. The van der Waals surface area contributed by atoms with Crippen molar-refractivity contribution < 1.29 is 14.3 Å². The molecular formula is C15H22N2O3. The van der Waals surface area contributed by atoms with E-state index in [1.165, 1.54) is 5.56 Å². The number of carbonyl (C=O) groups excluding carboxylic acids is 1. The Bertz CT molecular complexity index is 433. The Morgan fingerprint density at radius 3 is 2.90 bits per heavy atom. The molecule has 0 aliphatic carbocycles. The fourth-order valence-electron chi connectivity index (χ4n) is 2.11. The summed E-state index contributed by atoms with van der Waals surface area (Å²) in [7, 11) is 0. The van der Waals surface area contributed by atoms with Crippen molar-refractivity contribution in [1.82, 2.24) is 10.6 Å². The molecule has 1 amide bonds. The van der Waals surface area contributed by atoms with Gasteiger partial charge in [-0.3, -0.25) is 4.79 Å². The zero-order chi connectivity index (χ0) is 14.4. The van der Waals surface area contributed by atoms with Crippen molar-refractivity contribution in [2.75, 3.05) is 26.3 Å². The SMILES string of the molecule is Cc1ccc(OCCNC(=O)[C@H]2NCCO[C@@H]2C)cc1. The molecular weight excluding hydrogens is 256 g/mol. The molecule has 1 aromatic carbocycles. The van der Waals surface area contributed by atoms with Crippen molar-refractivity contribution in [1.29, 1.82) is 0 Å². The molecule has 1 fully saturated rings. The number of morpholine rings is 1. The highest BCUT2D eigenvalue weighted by atomic mass is 16.5. The van der Waals surface area contributed by atoms with Gasteiger partial charge < -0.3 is 20.1 Å². The van der Waals surface area contributed by atoms with Crippen molar-refractivity contribution in [3.05, 3.63) is 29.8 Å². The van der Waals surface area contributed by atoms with Crippen LogP contribution in [0.1, 0.15) is 12.5 Å². The molecule has 1 saturated heterocycles. The number of carbonyl (C=O) groups is 1. The lowest BCUT2D eigenvalue weighted by Gasteiger charge is -2.29. The van der Waals surface area contributed by atoms with Gasteiger partial charge in [0.15, 0.2) is 0 Å². The van der Waals surface area contributed by atoms with E-state index in [9.17, 15) is 4.79 Å². The highest BCUT2D eigenvalue weighted by Crippen LogP contribution is 2.10. The maximum absolute atomic E-state index is 12.0. The number of nitrogens with one attached hydrogen (secondary N) is 2. The van der Waals surface area contributed by atoms with E-state index in [-0.39, 0.29) is 18.1 Å². The minimum Gasteiger partial charge on any atom is -0.492 e. The van der Waals surface area contributed by atoms with Gasteiger partial charge in [0.1, 0.15) is 18.4 Å². The summed E-state index contributed by atoms with van der Waals surface area (Å²) in [6, 6.07) is 7.58. The van der Waals surface area contributed by atoms with Crippen molar-refractivity contribution in [3.8, 4) is 5.75 Å². The Balaban J connectivity index is 1.67. The molecule has 5 nitrogen and oxygen atoms in total. The quantitative estimate of drug-likeness (QED) is 0.785. The van der Waals surface area contributed by atoms with Gasteiger partial charge >= 0.3 is 0 Å². The number of amides is 1. The van der Waals surface area contributed by atoms with E-state index in [1.807, 2.05) is 38.1 Å². The van der Waals surface area contributed by atoms with Crippen molar-refractivity contribution in [2.24, 2.45) is 0 Å². The molecule has 0 aromatic heterocycles. The molecule has 2 atom stereocenters. The van der Waals surface area contributed by atoms with Crippen molar-refractivity contribution in [2.45, 2.75) is 26.0 Å². The molecule has 0 spiro atoms. The fourth-order valence-corrected chi connectivity index (χ4v) is 2.11. The molecule has 1 heterocycles. The van der Waals surface area contributed by atoms with Gasteiger partial charge in [0.2, 0.25) is 5.91 Å². The normalized spacial score (nSPS) is 22.3. The number of aryl methyl sites for hydroxylation is 1. The van der Waals surface area contributed by atoms with Crippen LogP contribution in [-0.2, 0) is 9.53 Å². The van der Waals surface area contributed by atoms with E-state index in [4.69, 9.17) is 9.47 Å². The molecule has 0 radical (unpaired) electrons. The lowest BCUT2D eigenvalue weighted by atomic mass is 10.1. The highest BCUT2D eigenvalue weighted by molar-refractivity contribution is 5.82. The van der Waals surface area contributed by atoms with E-state index in [2.05, 4.69) is 10.6 Å². The molecule has 1 aromatic rings. The van der Waals surface area contributed by atoms with Gasteiger partial charge in [-0.1, -0.05) is 17.7 Å². The lowest BCUT2D eigenvalue weighted by Crippen LogP contribution is -2.55. The molecule has 0 bridgehead atoms. The Morgan fingerprint density at radius 1 is 1.45 bits per heavy atom. The summed E-state index contributed by atoms with van der Waals surface area (Å²) in [6.07, 6.45) is -0.0956. The Kier molecular flexibility index (Phi) is 5.38. The van der Waals surface area contributed by atoms with Gasteiger partial charge in [-0.2, -0.15) is 0 Å². The largest absolute Gasteiger partial charge is 0.492 e. The molecule has 2 rings (SSSR count). The lowest BCUT2D eigenvalue weighted by molar-refractivity contribution is -0.129. The first-order chi connectivity index (χ1) is 9.66. The second-order valence-electron chi connectivity index (χ2n) is 4.96. The predicted octanol–water partition coefficient (Wildman–Crippen LogP) is 0.867. The second kappa shape index (κ2) is 7.26. The summed E-state index contributed by atoms with van der Waals surface area (Å²) in [5.41, 5.74) is 1.20. The summed E-state index contributed by atoms with van der Waals surface area (Å²) in [5.74, 6) is 0.780. The third-order valence-electron chi connectivity index (χ3n) is 3.29. The van der Waals surface area contributed by atoms with Gasteiger partial charge in [-0.05, 0) is 26.0 Å². The van der Waals surface area contributed by atoms with E-state index >= 15 is 0 Å².